The minimum Gasteiger partial charge on any atom is -0.492 e. The van der Waals surface area contributed by atoms with Gasteiger partial charge >= 0.3 is 0 Å². The molecule has 5 heteroatoms. The Kier molecular flexibility index (Phi) is 5.65. The number of ether oxygens (including phenoxy) is 1. The fraction of sp³-hybridized carbons (Fsp3) is 0.438. The van der Waals surface area contributed by atoms with Gasteiger partial charge in [-0.1, -0.05) is 17.7 Å². The zero-order valence-electron chi connectivity index (χ0n) is 12.7. The first-order valence-corrected chi connectivity index (χ1v) is 7.56. The fourth-order valence-corrected chi connectivity index (χ4v) is 2.20. The summed E-state index contributed by atoms with van der Waals surface area (Å²) in [7, 11) is 1.94. The molecule has 0 amide bonds. The van der Waals surface area contributed by atoms with Crippen molar-refractivity contribution in [3.05, 3.63) is 47.2 Å². The predicted molar refractivity (Wildman–Crippen MR) is 86.1 cm³/mol. The van der Waals surface area contributed by atoms with Gasteiger partial charge in [-0.05, 0) is 45.2 Å². The Morgan fingerprint density at radius 1 is 1.33 bits per heavy atom. The van der Waals surface area contributed by atoms with E-state index in [0.29, 0.717) is 17.7 Å². The van der Waals surface area contributed by atoms with Crippen molar-refractivity contribution in [3.8, 4) is 5.75 Å². The summed E-state index contributed by atoms with van der Waals surface area (Å²) in [6.45, 7) is 4.81. The lowest BCUT2D eigenvalue weighted by molar-refractivity contribution is 0.268. The number of halogens is 1. The average Bonchev–Trinajstić information content (AvgIpc) is 2.92. The molecule has 0 fully saturated rings. The molecule has 0 saturated carbocycles. The van der Waals surface area contributed by atoms with E-state index in [9.17, 15) is 0 Å². The third kappa shape index (κ3) is 4.76. The van der Waals surface area contributed by atoms with Crippen LogP contribution in [0.4, 0.5) is 0 Å². The Bertz CT molecular complexity index is 568. The van der Waals surface area contributed by atoms with Gasteiger partial charge in [0, 0.05) is 29.7 Å². The molecule has 0 radical (unpaired) electrons. The molecule has 4 nitrogen and oxygen atoms in total. The molecule has 1 aromatic carbocycles. The van der Waals surface area contributed by atoms with Crippen LogP contribution in [-0.2, 0) is 6.42 Å². The van der Waals surface area contributed by atoms with Gasteiger partial charge in [0.2, 0.25) is 0 Å². The number of hydrogen-bond donors (Lipinski definition) is 1. The van der Waals surface area contributed by atoms with Crippen molar-refractivity contribution in [3.63, 3.8) is 0 Å². The van der Waals surface area contributed by atoms with Crippen molar-refractivity contribution >= 4 is 11.6 Å². The zero-order chi connectivity index (χ0) is 15.2. The molecule has 1 N–H and O–H groups in total. The molecule has 1 atom stereocenters. The van der Waals surface area contributed by atoms with E-state index in [1.54, 1.807) is 0 Å². The van der Waals surface area contributed by atoms with Crippen LogP contribution < -0.4 is 10.1 Å². The average molecular weight is 308 g/mol. The lowest BCUT2D eigenvalue weighted by atomic mass is 10.2. The van der Waals surface area contributed by atoms with Crippen LogP contribution in [0.25, 0.3) is 0 Å². The van der Waals surface area contributed by atoms with E-state index < -0.39 is 0 Å². The molecule has 21 heavy (non-hydrogen) atoms. The summed E-state index contributed by atoms with van der Waals surface area (Å²) in [6.07, 6.45) is 2.85. The molecule has 1 unspecified atom stereocenters. The number of likely N-dealkylation sites (N-methyl/N-ethyl adjacent to an activating group) is 1. The van der Waals surface area contributed by atoms with E-state index >= 15 is 0 Å². The quantitative estimate of drug-likeness (QED) is 0.853. The molecule has 0 aliphatic heterocycles. The van der Waals surface area contributed by atoms with Gasteiger partial charge in [0.05, 0.1) is 5.69 Å². The second-order valence-corrected chi connectivity index (χ2v) is 5.78. The van der Waals surface area contributed by atoms with Crippen LogP contribution in [0.3, 0.4) is 0 Å². The molecule has 114 valence electrons. The predicted octanol–water partition coefficient (Wildman–Crippen LogP) is 3.33. The van der Waals surface area contributed by atoms with E-state index in [1.165, 1.54) is 0 Å². The highest BCUT2D eigenvalue weighted by atomic mass is 35.5. The standard InChI is InChI=1S/C16H22ClN3O/c1-12(2)20-8-7-14(19-20)10-15(18-3)11-21-16-6-4-5-13(17)9-16/h4-9,12,15,18H,10-11H2,1-3H3. The summed E-state index contributed by atoms with van der Waals surface area (Å²) in [5, 5.41) is 8.52. The topological polar surface area (TPSA) is 39.1 Å². The Hall–Kier alpha value is -1.52. The van der Waals surface area contributed by atoms with Crippen molar-refractivity contribution in [2.75, 3.05) is 13.7 Å². The van der Waals surface area contributed by atoms with Gasteiger partial charge in [0.25, 0.3) is 0 Å². The van der Waals surface area contributed by atoms with Crippen molar-refractivity contribution in [1.29, 1.82) is 0 Å². The van der Waals surface area contributed by atoms with Gasteiger partial charge in [-0.3, -0.25) is 4.68 Å². The first-order chi connectivity index (χ1) is 10.1. The van der Waals surface area contributed by atoms with Gasteiger partial charge < -0.3 is 10.1 Å². The number of nitrogens with zero attached hydrogens (tertiary/aromatic N) is 2. The lowest BCUT2D eigenvalue weighted by Crippen LogP contribution is -2.34. The largest absolute Gasteiger partial charge is 0.492 e. The smallest absolute Gasteiger partial charge is 0.120 e. The van der Waals surface area contributed by atoms with Crippen molar-refractivity contribution in [1.82, 2.24) is 15.1 Å². The number of nitrogens with one attached hydrogen (secondary N) is 1. The molecule has 2 rings (SSSR count). The van der Waals surface area contributed by atoms with Crippen LogP contribution in [0, 0.1) is 0 Å². The minimum atomic E-state index is 0.208. The lowest BCUT2D eigenvalue weighted by Gasteiger charge is -2.16. The van der Waals surface area contributed by atoms with Gasteiger partial charge in [0.1, 0.15) is 12.4 Å². The van der Waals surface area contributed by atoms with Crippen LogP contribution in [0.15, 0.2) is 36.5 Å². The number of aromatic nitrogens is 2. The summed E-state index contributed by atoms with van der Waals surface area (Å²) >= 11 is 5.95. The number of rotatable bonds is 7. The second kappa shape index (κ2) is 7.48. The normalized spacial score (nSPS) is 12.6. The SMILES string of the molecule is CNC(COc1cccc(Cl)c1)Cc1ccn(C(C)C)n1. The summed E-state index contributed by atoms with van der Waals surface area (Å²) in [6, 6.07) is 10.1. The maximum absolute atomic E-state index is 5.95. The van der Waals surface area contributed by atoms with Crippen molar-refractivity contribution in [2.24, 2.45) is 0 Å². The molecule has 0 bridgehead atoms. The summed E-state index contributed by atoms with van der Waals surface area (Å²) < 4.78 is 7.76. The summed E-state index contributed by atoms with van der Waals surface area (Å²) in [4.78, 5) is 0. The molecule has 0 aliphatic rings. The van der Waals surface area contributed by atoms with E-state index in [-0.39, 0.29) is 6.04 Å². The van der Waals surface area contributed by atoms with Crippen LogP contribution in [0.2, 0.25) is 5.02 Å². The summed E-state index contributed by atoms with van der Waals surface area (Å²) in [5.74, 6) is 0.787. The van der Waals surface area contributed by atoms with Gasteiger partial charge in [-0.25, -0.2) is 0 Å². The Balaban J connectivity index is 1.90. The minimum absolute atomic E-state index is 0.208. The number of hydrogen-bond acceptors (Lipinski definition) is 3. The fourth-order valence-electron chi connectivity index (χ4n) is 2.02. The van der Waals surface area contributed by atoms with Crippen LogP contribution >= 0.6 is 11.6 Å². The third-order valence-electron chi connectivity index (χ3n) is 3.30. The van der Waals surface area contributed by atoms with Gasteiger partial charge in [0.15, 0.2) is 0 Å². The van der Waals surface area contributed by atoms with E-state index in [4.69, 9.17) is 16.3 Å². The van der Waals surface area contributed by atoms with Crippen LogP contribution in [0.1, 0.15) is 25.6 Å². The molecule has 0 spiro atoms. The Labute approximate surface area is 131 Å². The van der Waals surface area contributed by atoms with Crippen LogP contribution in [0.5, 0.6) is 5.75 Å². The molecule has 0 saturated heterocycles. The van der Waals surface area contributed by atoms with Crippen molar-refractivity contribution < 1.29 is 4.74 Å². The molecule has 1 heterocycles. The maximum atomic E-state index is 5.95. The van der Waals surface area contributed by atoms with Crippen LogP contribution in [-0.4, -0.2) is 29.5 Å². The highest BCUT2D eigenvalue weighted by Crippen LogP contribution is 2.17. The molecular weight excluding hydrogens is 286 g/mol. The Morgan fingerprint density at radius 3 is 2.76 bits per heavy atom. The molecule has 0 aliphatic carbocycles. The molecule has 1 aromatic heterocycles. The van der Waals surface area contributed by atoms with Crippen molar-refractivity contribution in [2.45, 2.75) is 32.4 Å². The first kappa shape index (κ1) is 15.9. The van der Waals surface area contributed by atoms with E-state index in [2.05, 4.69) is 30.3 Å². The molecule has 2 aromatic rings. The number of benzene rings is 1. The first-order valence-electron chi connectivity index (χ1n) is 7.18. The van der Waals surface area contributed by atoms with E-state index in [0.717, 1.165) is 17.9 Å². The maximum Gasteiger partial charge on any atom is 0.120 e. The monoisotopic (exact) mass is 307 g/mol. The summed E-state index contributed by atoms with van der Waals surface area (Å²) in [5.41, 5.74) is 1.07. The zero-order valence-corrected chi connectivity index (χ0v) is 13.5. The highest BCUT2D eigenvalue weighted by Gasteiger charge is 2.11. The van der Waals surface area contributed by atoms with Gasteiger partial charge in [-0.15, -0.1) is 0 Å². The van der Waals surface area contributed by atoms with E-state index in [1.807, 2.05) is 42.2 Å². The third-order valence-corrected chi connectivity index (χ3v) is 3.54. The highest BCUT2D eigenvalue weighted by molar-refractivity contribution is 6.30. The molecular formula is C16H22ClN3O. The van der Waals surface area contributed by atoms with Gasteiger partial charge in [-0.2, -0.15) is 5.10 Å². The Morgan fingerprint density at radius 2 is 2.14 bits per heavy atom. The second-order valence-electron chi connectivity index (χ2n) is 5.34.